The fourth-order valence-electron chi connectivity index (χ4n) is 6.25. The van der Waals surface area contributed by atoms with Gasteiger partial charge in [-0.15, -0.1) is 6.58 Å². The zero-order valence-electron chi connectivity index (χ0n) is 22.7. The quantitative estimate of drug-likeness (QED) is 0.166. The van der Waals surface area contributed by atoms with Gasteiger partial charge in [-0.25, -0.2) is 9.97 Å². The third kappa shape index (κ3) is 4.56. The molecule has 194 valence electrons. The molecule has 2 unspecified atom stereocenters. The Morgan fingerprint density at radius 3 is 2.63 bits per heavy atom. The number of nitrogens with one attached hydrogen (secondary N) is 2. The predicted octanol–water partition coefficient (Wildman–Crippen LogP) is 8.07. The summed E-state index contributed by atoms with van der Waals surface area (Å²) >= 11 is 0. The van der Waals surface area contributed by atoms with Crippen LogP contribution in [0.3, 0.4) is 0 Å². The molecular formula is C33H37N5. The van der Waals surface area contributed by atoms with E-state index in [2.05, 4.69) is 96.9 Å². The smallest absolute Gasteiger partial charge is 0.123 e. The average molecular weight is 504 g/mol. The fraction of sp³-hybridized carbons (Fsp3) is 0.333. The van der Waals surface area contributed by atoms with Gasteiger partial charge in [-0.2, -0.15) is 0 Å². The molecule has 1 aliphatic rings. The summed E-state index contributed by atoms with van der Waals surface area (Å²) in [5.41, 5.74) is 7.14. The molecule has 0 radical (unpaired) electrons. The van der Waals surface area contributed by atoms with Crippen LogP contribution in [0.1, 0.15) is 57.2 Å². The van der Waals surface area contributed by atoms with Gasteiger partial charge in [-0.1, -0.05) is 62.4 Å². The maximum Gasteiger partial charge on any atom is 0.123 e. The molecule has 0 spiro atoms. The Balaban J connectivity index is 1.20. The molecule has 0 saturated carbocycles. The van der Waals surface area contributed by atoms with Crippen molar-refractivity contribution < 1.29 is 0 Å². The molecule has 2 atom stereocenters. The third-order valence-corrected chi connectivity index (χ3v) is 8.33. The molecule has 5 heteroatoms. The Kier molecular flexibility index (Phi) is 6.40. The van der Waals surface area contributed by atoms with Crippen LogP contribution < -0.4 is 0 Å². The number of unbranched alkanes of at least 4 members (excludes halogenated alkanes) is 1. The predicted molar refractivity (Wildman–Crippen MR) is 158 cm³/mol. The van der Waals surface area contributed by atoms with Gasteiger partial charge in [0.15, 0.2) is 0 Å². The number of hydrogen-bond acceptors (Lipinski definition) is 3. The zero-order chi connectivity index (χ0) is 26.3. The SMILES string of the molecule is C=CCCCC1(C)CC(c2ncc(-c3ccc(-c4ccc5c(ccc6[nH]c(CC)nc65)c4)cc3)[nH]2)N(C)C1. The summed E-state index contributed by atoms with van der Waals surface area (Å²) in [6.45, 7) is 9.53. The number of aryl methyl sites for hydroxylation is 1. The van der Waals surface area contributed by atoms with Gasteiger partial charge in [0.1, 0.15) is 11.6 Å². The molecule has 3 aromatic carbocycles. The number of aromatic amines is 2. The lowest BCUT2D eigenvalue weighted by molar-refractivity contribution is 0.272. The van der Waals surface area contributed by atoms with Gasteiger partial charge in [0.2, 0.25) is 0 Å². The first-order chi connectivity index (χ1) is 18.5. The standard InChI is InChI=1S/C33H37N5/c1-5-7-8-17-33(3)19-29(38(4)21-33)32-34-20-28(36-32)23-11-9-22(10-12-23)24-13-15-26-25(18-24)14-16-27-31(26)37-30(6-2)35-27/h5,9-16,18,20,29H,1,6-8,17,19,21H2,2-4H3,(H,34,36)(H,35,37). The molecule has 3 heterocycles. The lowest BCUT2D eigenvalue weighted by atomic mass is 9.82. The second-order valence-corrected chi connectivity index (χ2v) is 11.3. The number of nitrogens with zero attached hydrogens (tertiary/aromatic N) is 3. The highest BCUT2D eigenvalue weighted by atomic mass is 15.2. The highest BCUT2D eigenvalue weighted by Gasteiger charge is 2.40. The van der Waals surface area contributed by atoms with Crippen molar-refractivity contribution in [3.8, 4) is 22.4 Å². The summed E-state index contributed by atoms with van der Waals surface area (Å²) in [6, 6.07) is 20.1. The molecule has 2 aromatic heterocycles. The van der Waals surface area contributed by atoms with E-state index in [0.29, 0.717) is 11.5 Å². The van der Waals surface area contributed by atoms with E-state index in [1.54, 1.807) is 0 Å². The van der Waals surface area contributed by atoms with Crippen LogP contribution in [0, 0.1) is 5.41 Å². The van der Waals surface area contributed by atoms with E-state index in [1.807, 2.05) is 12.3 Å². The van der Waals surface area contributed by atoms with Crippen LogP contribution in [-0.4, -0.2) is 38.4 Å². The molecule has 0 aliphatic carbocycles. The average Bonchev–Trinajstić information content (AvgIpc) is 3.65. The molecule has 0 amide bonds. The number of hydrogen-bond donors (Lipinski definition) is 2. The molecule has 1 aliphatic heterocycles. The Bertz CT molecular complexity index is 1590. The van der Waals surface area contributed by atoms with Crippen molar-refractivity contribution in [3.05, 3.63) is 85.1 Å². The van der Waals surface area contributed by atoms with Gasteiger partial charge in [0, 0.05) is 18.4 Å². The van der Waals surface area contributed by atoms with Gasteiger partial charge in [-0.05, 0) is 72.4 Å². The maximum atomic E-state index is 4.81. The number of fused-ring (bicyclic) bond motifs is 3. The molecule has 5 aromatic rings. The molecule has 1 saturated heterocycles. The molecule has 5 nitrogen and oxygen atoms in total. The lowest BCUT2D eigenvalue weighted by Crippen LogP contribution is -2.22. The van der Waals surface area contributed by atoms with Crippen LogP contribution in [-0.2, 0) is 6.42 Å². The van der Waals surface area contributed by atoms with Crippen molar-refractivity contribution in [2.24, 2.45) is 5.41 Å². The molecule has 0 bridgehead atoms. The van der Waals surface area contributed by atoms with Crippen molar-refractivity contribution >= 4 is 21.8 Å². The van der Waals surface area contributed by atoms with Gasteiger partial charge < -0.3 is 9.97 Å². The van der Waals surface area contributed by atoms with Gasteiger partial charge in [-0.3, -0.25) is 4.90 Å². The first-order valence-corrected chi connectivity index (χ1v) is 13.8. The summed E-state index contributed by atoms with van der Waals surface area (Å²) in [6.07, 6.45) is 9.60. The number of aromatic nitrogens is 4. The van der Waals surface area contributed by atoms with Crippen molar-refractivity contribution in [2.75, 3.05) is 13.6 Å². The monoisotopic (exact) mass is 503 g/mol. The molecule has 38 heavy (non-hydrogen) atoms. The van der Waals surface area contributed by atoms with E-state index in [-0.39, 0.29) is 0 Å². The Morgan fingerprint density at radius 2 is 1.84 bits per heavy atom. The Labute approximate surface area is 225 Å². The number of benzene rings is 3. The lowest BCUT2D eigenvalue weighted by Gasteiger charge is -2.22. The first-order valence-electron chi connectivity index (χ1n) is 13.8. The van der Waals surface area contributed by atoms with E-state index >= 15 is 0 Å². The van der Waals surface area contributed by atoms with E-state index < -0.39 is 0 Å². The minimum absolute atomic E-state index is 0.331. The van der Waals surface area contributed by atoms with E-state index in [9.17, 15) is 0 Å². The first kappa shape index (κ1) is 24.6. The Morgan fingerprint density at radius 1 is 1.05 bits per heavy atom. The van der Waals surface area contributed by atoms with Crippen molar-refractivity contribution in [3.63, 3.8) is 0 Å². The van der Waals surface area contributed by atoms with Crippen LogP contribution in [0.15, 0.2) is 73.4 Å². The largest absolute Gasteiger partial charge is 0.342 e. The Hall–Kier alpha value is -3.70. The minimum Gasteiger partial charge on any atom is -0.342 e. The summed E-state index contributed by atoms with van der Waals surface area (Å²) in [5, 5.41) is 2.40. The van der Waals surface area contributed by atoms with Crippen LogP contribution in [0.4, 0.5) is 0 Å². The van der Waals surface area contributed by atoms with Gasteiger partial charge in [0.25, 0.3) is 0 Å². The second kappa shape index (κ2) is 9.88. The van der Waals surface area contributed by atoms with Crippen LogP contribution >= 0.6 is 0 Å². The molecule has 2 N–H and O–H groups in total. The number of H-pyrrole nitrogens is 2. The summed E-state index contributed by atoms with van der Waals surface area (Å²) in [7, 11) is 2.23. The number of rotatable bonds is 8. The van der Waals surface area contributed by atoms with E-state index in [4.69, 9.17) is 9.97 Å². The topological polar surface area (TPSA) is 60.6 Å². The van der Waals surface area contributed by atoms with Crippen molar-refractivity contribution in [2.45, 2.75) is 52.0 Å². The minimum atomic E-state index is 0.331. The molecule has 6 rings (SSSR count). The number of likely N-dealkylation sites (tertiary alicyclic amines) is 1. The summed E-state index contributed by atoms with van der Waals surface area (Å²) < 4.78 is 0. The number of imidazole rings is 2. The number of allylic oxidation sites excluding steroid dienone is 1. The van der Waals surface area contributed by atoms with Crippen molar-refractivity contribution in [1.29, 1.82) is 0 Å². The molecular weight excluding hydrogens is 466 g/mol. The highest BCUT2D eigenvalue weighted by molar-refractivity contribution is 6.05. The van der Waals surface area contributed by atoms with Crippen molar-refractivity contribution in [1.82, 2.24) is 24.8 Å². The van der Waals surface area contributed by atoms with Gasteiger partial charge in [0.05, 0.1) is 29.0 Å². The summed E-state index contributed by atoms with van der Waals surface area (Å²) in [5.74, 6) is 2.11. The van der Waals surface area contributed by atoms with Crippen LogP contribution in [0.5, 0.6) is 0 Å². The van der Waals surface area contributed by atoms with Crippen LogP contribution in [0.2, 0.25) is 0 Å². The normalized spacial score (nSPS) is 20.0. The van der Waals surface area contributed by atoms with Gasteiger partial charge >= 0.3 is 0 Å². The summed E-state index contributed by atoms with van der Waals surface area (Å²) in [4.78, 5) is 19.1. The van der Waals surface area contributed by atoms with E-state index in [1.165, 1.54) is 34.7 Å². The van der Waals surface area contributed by atoms with E-state index in [0.717, 1.165) is 59.7 Å². The van der Waals surface area contributed by atoms with Crippen LogP contribution in [0.25, 0.3) is 44.2 Å². The maximum absolute atomic E-state index is 4.81. The highest BCUT2D eigenvalue weighted by Crippen LogP contribution is 2.44. The zero-order valence-corrected chi connectivity index (χ0v) is 22.7. The molecule has 1 fully saturated rings. The fourth-order valence-corrected chi connectivity index (χ4v) is 6.25. The second-order valence-electron chi connectivity index (χ2n) is 11.3. The third-order valence-electron chi connectivity index (χ3n) is 8.33.